The normalized spacial score (nSPS) is 18.6. The molecule has 2 aromatic rings. The van der Waals surface area contributed by atoms with E-state index in [1.54, 1.807) is 6.33 Å². The van der Waals surface area contributed by atoms with Gasteiger partial charge >= 0.3 is 5.97 Å². The molecule has 0 bridgehead atoms. The van der Waals surface area contributed by atoms with Crippen LogP contribution in [-0.2, 0) is 4.74 Å². The summed E-state index contributed by atoms with van der Waals surface area (Å²) >= 11 is 1.48. The quantitative estimate of drug-likeness (QED) is 0.805. The van der Waals surface area contributed by atoms with Crippen molar-refractivity contribution in [3.63, 3.8) is 0 Å². The maximum atomic E-state index is 12.2. The van der Waals surface area contributed by atoms with E-state index in [9.17, 15) is 4.79 Å². The van der Waals surface area contributed by atoms with E-state index in [0.29, 0.717) is 18.2 Å². The largest absolute Gasteiger partial charge is 0.462 e. The first kappa shape index (κ1) is 15.2. The fourth-order valence-corrected chi connectivity index (χ4v) is 4.01. The van der Waals surface area contributed by atoms with Crippen LogP contribution in [-0.4, -0.2) is 35.1 Å². The highest BCUT2D eigenvalue weighted by molar-refractivity contribution is 7.17. The molecule has 0 radical (unpaired) electrons. The van der Waals surface area contributed by atoms with E-state index in [1.165, 1.54) is 30.6 Å². The molecule has 1 aliphatic heterocycles. The van der Waals surface area contributed by atoms with Gasteiger partial charge in [-0.05, 0) is 32.6 Å². The minimum absolute atomic E-state index is 0.283. The number of carbonyl (C=O) groups is 1. The minimum atomic E-state index is -0.283. The van der Waals surface area contributed by atoms with Gasteiger partial charge in [0.2, 0.25) is 0 Å². The van der Waals surface area contributed by atoms with Gasteiger partial charge in [-0.3, -0.25) is 0 Å². The van der Waals surface area contributed by atoms with E-state index in [-0.39, 0.29) is 5.97 Å². The average molecular weight is 319 g/mol. The zero-order chi connectivity index (χ0) is 15.5. The van der Waals surface area contributed by atoms with Gasteiger partial charge in [0.25, 0.3) is 0 Å². The third kappa shape index (κ3) is 2.67. The summed E-state index contributed by atoms with van der Waals surface area (Å²) in [7, 11) is 0. The lowest BCUT2D eigenvalue weighted by atomic mass is 9.99. The van der Waals surface area contributed by atoms with Crippen molar-refractivity contribution < 1.29 is 9.53 Å². The molecule has 1 saturated heterocycles. The lowest BCUT2D eigenvalue weighted by Crippen LogP contribution is -2.39. The number of rotatable bonds is 4. The minimum Gasteiger partial charge on any atom is -0.462 e. The molecule has 0 N–H and O–H groups in total. The zero-order valence-corrected chi connectivity index (χ0v) is 13.9. The van der Waals surface area contributed by atoms with Gasteiger partial charge in [0, 0.05) is 18.0 Å². The number of esters is 1. The first-order valence-electron chi connectivity index (χ1n) is 7.92. The van der Waals surface area contributed by atoms with Crippen molar-refractivity contribution in [2.75, 3.05) is 18.1 Å². The second-order valence-electron chi connectivity index (χ2n) is 5.50. The molecule has 0 aliphatic carbocycles. The summed E-state index contributed by atoms with van der Waals surface area (Å²) in [5.74, 6) is 0.607. The van der Waals surface area contributed by atoms with Gasteiger partial charge < -0.3 is 9.64 Å². The van der Waals surface area contributed by atoms with Crippen LogP contribution >= 0.6 is 11.3 Å². The fraction of sp³-hybridized carbons (Fsp3) is 0.562. The van der Waals surface area contributed by atoms with E-state index in [2.05, 4.69) is 21.8 Å². The number of carbonyl (C=O) groups excluding carboxylic acids is 1. The summed E-state index contributed by atoms with van der Waals surface area (Å²) in [6, 6.07) is 0.488. The second-order valence-corrected chi connectivity index (χ2v) is 6.36. The number of hydrogen-bond acceptors (Lipinski definition) is 6. The standard InChI is InChI=1S/C16H21N3O2S/c1-3-11-7-5-6-8-19(11)14-13-12(16(20)21-4-2)9-22-15(13)18-10-17-14/h9-11H,3-8H2,1-2H3. The smallest absolute Gasteiger partial charge is 0.339 e. The molecule has 0 aromatic carbocycles. The van der Waals surface area contributed by atoms with E-state index < -0.39 is 0 Å². The summed E-state index contributed by atoms with van der Waals surface area (Å²) in [5.41, 5.74) is 0.595. The van der Waals surface area contributed by atoms with Crippen molar-refractivity contribution in [3.8, 4) is 0 Å². The van der Waals surface area contributed by atoms with E-state index in [4.69, 9.17) is 4.74 Å². The predicted molar refractivity (Wildman–Crippen MR) is 88.6 cm³/mol. The van der Waals surface area contributed by atoms with Crippen molar-refractivity contribution >= 4 is 33.3 Å². The highest BCUT2D eigenvalue weighted by atomic mass is 32.1. The lowest BCUT2D eigenvalue weighted by molar-refractivity contribution is 0.0529. The molecule has 1 aliphatic rings. The number of aromatic nitrogens is 2. The molecule has 0 amide bonds. The van der Waals surface area contributed by atoms with Gasteiger partial charge in [-0.1, -0.05) is 6.92 Å². The van der Waals surface area contributed by atoms with Crippen LogP contribution in [0.4, 0.5) is 5.82 Å². The topological polar surface area (TPSA) is 55.3 Å². The van der Waals surface area contributed by atoms with Gasteiger partial charge in [0.1, 0.15) is 17.0 Å². The zero-order valence-electron chi connectivity index (χ0n) is 13.0. The molecule has 1 fully saturated rings. The van der Waals surface area contributed by atoms with E-state index >= 15 is 0 Å². The van der Waals surface area contributed by atoms with Crippen molar-refractivity contribution in [3.05, 3.63) is 17.3 Å². The molecule has 3 rings (SSSR count). The molecule has 2 aromatic heterocycles. The molecule has 1 unspecified atom stereocenters. The summed E-state index contributed by atoms with van der Waals surface area (Å²) < 4.78 is 5.18. The highest BCUT2D eigenvalue weighted by Gasteiger charge is 2.27. The third-order valence-electron chi connectivity index (χ3n) is 4.22. The van der Waals surface area contributed by atoms with E-state index in [0.717, 1.165) is 29.0 Å². The number of hydrogen-bond donors (Lipinski definition) is 0. The maximum Gasteiger partial charge on any atom is 0.339 e. The Balaban J connectivity index is 2.08. The summed E-state index contributed by atoms with van der Waals surface area (Å²) in [5, 5.41) is 2.69. The fourth-order valence-electron chi connectivity index (χ4n) is 3.14. The maximum absolute atomic E-state index is 12.2. The molecule has 0 spiro atoms. The molecular formula is C16H21N3O2S. The Morgan fingerprint density at radius 2 is 2.27 bits per heavy atom. The van der Waals surface area contributed by atoms with Crippen molar-refractivity contribution in [1.29, 1.82) is 0 Å². The number of fused-ring (bicyclic) bond motifs is 1. The van der Waals surface area contributed by atoms with Crippen molar-refractivity contribution in [2.24, 2.45) is 0 Å². The molecule has 0 saturated carbocycles. The van der Waals surface area contributed by atoms with E-state index in [1.807, 2.05) is 12.3 Å². The molecule has 3 heterocycles. The molecule has 118 valence electrons. The van der Waals surface area contributed by atoms with Gasteiger partial charge in [-0.15, -0.1) is 11.3 Å². The number of piperidine rings is 1. The Hall–Kier alpha value is -1.69. The Kier molecular flexibility index (Phi) is 4.57. The third-order valence-corrected chi connectivity index (χ3v) is 5.10. The molecule has 6 heteroatoms. The highest BCUT2D eigenvalue weighted by Crippen LogP contribution is 2.35. The number of anilines is 1. The SMILES string of the molecule is CCOC(=O)c1csc2ncnc(N3CCCCC3CC)c12. The second kappa shape index (κ2) is 6.60. The Morgan fingerprint density at radius 3 is 3.05 bits per heavy atom. The average Bonchev–Trinajstić information content (AvgIpc) is 2.99. The number of thiophene rings is 1. The first-order chi connectivity index (χ1) is 10.8. The molecule has 5 nitrogen and oxygen atoms in total. The number of ether oxygens (including phenoxy) is 1. The lowest BCUT2D eigenvalue weighted by Gasteiger charge is -2.36. The summed E-state index contributed by atoms with van der Waals surface area (Å²) in [6.07, 6.45) is 6.30. The van der Waals surface area contributed by atoms with Crippen LogP contribution < -0.4 is 4.90 Å². The van der Waals surface area contributed by atoms with Crippen LogP contribution in [0.15, 0.2) is 11.7 Å². The van der Waals surface area contributed by atoms with Gasteiger partial charge in [-0.25, -0.2) is 14.8 Å². The van der Waals surface area contributed by atoms with Crippen LogP contribution in [0.2, 0.25) is 0 Å². The van der Waals surface area contributed by atoms with Gasteiger partial charge in [-0.2, -0.15) is 0 Å². The Labute approximate surface area is 134 Å². The van der Waals surface area contributed by atoms with Crippen molar-refractivity contribution in [2.45, 2.75) is 45.6 Å². The van der Waals surface area contributed by atoms with Crippen LogP contribution in [0.25, 0.3) is 10.2 Å². The Bertz CT molecular complexity index is 670. The Morgan fingerprint density at radius 1 is 1.41 bits per heavy atom. The van der Waals surface area contributed by atoms with Crippen molar-refractivity contribution in [1.82, 2.24) is 9.97 Å². The van der Waals surface area contributed by atoms with Crippen LogP contribution in [0.3, 0.4) is 0 Å². The predicted octanol–water partition coefficient (Wildman–Crippen LogP) is 3.64. The van der Waals surface area contributed by atoms with Gasteiger partial charge in [0.15, 0.2) is 0 Å². The van der Waals surface area contributed by atoms with Gasteiger partial charge in [0.05, 0.1) is 17.6 Å². The van der Waals surface area contributed by atoms with Crippen LogP contribution in [0.5, 0.6) is 0 Å². The van der Waals surface area contributed by atoms with Crippen LogP contribution in [0.1, 0.15) is 49.9 Å². The molecule has 22 heavy (non-hydrogen) atoms. The summed E-state index contributed by atoms with van der Waals surface area (Å²) in [6.45, 7) is 5.39. The summed E-state index contributed by atoms with van der Waals surface area (Å²) in [4.78, 5) is 24.3. The monoisotopic (exact) mass is 319 g/mol. The molecule has 1 atom stereocenters. The molecular weight excluding hydrogens is 298 g/mol. The van der Waals surface area contributed by atoms with Crippen LogP contribution in [0, 0.1) is 0 Å². The first-order valence-corrected chi connectivity index (χ1v) is 8.80. The number of nitrogens with zero attached hydrogens (tertiary/aromatic N) is 3.